The lowest BCUT2D eigenvalue weighted by molar-refractivity contribution is -0.276. The quantitative estimate of drug-likeness (QED) is 0.726. The second-order valence-corrected chi connectivity index (χ2v) is 6.71. The summed E-state index contributed by atoms with van der Waals surface area (Å²) in [7, 11) is -4.53. The predicted molar refractivity (Wildman–Crippen MR) is 80.3 cm³/mol. The number of benzene rings is 2. The maximum Gasteiger partial charge on any atom is 0.573 e. The van der Waals surface area contributed by atoms with Crippen molar-refractivity contribution in [2.45, 2.75) is 24.2 Å². The highest BCUT2D eigenvalue weighted by atomic mass is 32.2. The molecule has 0 bridgehead atoms. The third-order valence-electron chi connectivity index (χ3n) is 3.02. The molecule has 2 aromatic rings. The van der Waals surface area contributed by atoms with E-state index in [-0.39, 0.29) is 5.56 Å². The molecule has 0 heterocycles. The Morgan fingerprint density at radius 3 is 1.85 bits per heavy atom. The van der Waals surface area contributed by atoms with E-state index in [2.05, 4.69) is 9.47 Å². The number of alkyl halides is 6. The van der Waals surface area contributed by atoms with Crippen LogP contribution < -0.4 is 14.2 Å². The van der Waals surface area contributed by atoms with Crippen molar-refractivity contribution < 1.29 is 44.2 Å². The lowest BCUT2D eigenvalue weighted by Gasteiger charge is -2.15. The van der Waals surface area contributed by atoms with Crippen LogP contribution in [0.5, 0.6) is 11.5 Å². The second kappa shape index (κ2) is 7.64. The van der Waals surface area contributed by atoms with Crippen LogP contribution in [0.1, 0.15) is 5.56 Å². The summed E-state index contributed by atoms with van der Waals surface area (Å²) in [6, 6.07) is 8.67. The van der Waals surface area contributed by atoms with Crippen molar-refractivity contribution in [1.82, 2.24) is 4.72 Å². The van der Waals surface area contributed by atoms with Gasteiger partial charge in [0.15, 0.2) is 0 Å². The molecule has 2 rings (SSSR count). The molecule has 1 N–H and O–H groups in total. The average Bonchev–Trinajstić information content (AvgIpc) is 2.51. The summed E-state index contributed by atoms with van der Waals surface area (Å²) in [6.45, 7) is -0.658. The Labute approximate surface area is 149 Å². The minimum absolute atomic E-state index is 0.173. The van der Waals surface area contributed by atoms with E-state index in [1.54, 1.807) is 0 Å². The van der Waals surface area contributed by atoms with E-state index in [1.807, 2.05) is 4.72 Å². The van der Waals surface area contributed by atoms with Gasteiger partial charge in [0.25, 0.3) is 0 Å². The summed E-state index contributed by atoms with van der Waals surface area (Å²) in [6.07, 6.45) is -10.1. The van der Waals surface area contributed by atoms with Crippen LogP contribution in [0.4, 0.5) is 26.3 Å². The third kappa shape index (κ3) is 6.32. The lowest BCUT2D eigenvalue weighted by Crippen LogP contribution is -2.26. The Morgan fingerprint density at radius 1 is 0.778 bits per heavy atom. The van der Waals surface area contributed by atoms with Gasteiger partial charge in [0.1, 0.15) is 16.4 Å². The van der Waals surface area contributed by atoms with Gasteiger partial charge in [-0.1, -0.05) is 30.3 Å². The molecule has 0 fully saturated rings. The molecule has 0 unspecified atom stereocenters. The molecule has 0 saturated heterocycles. The van der Waals surface area contributed by atoms with Gasteiger partial charge in [0, 0.05) is 12.1 Å². The maximum atomic E-state index is 12.4. The first-order valence-corrected chi connectivity index (χ1v) is 8.54. The van der Waals surface area contributed by atoms with E-state index in [9.17, 15) is 34.8 Å². The van der Waals surface area contributed by atoms with Gasteiger partial charge in [-0.05, 0) is 18.2 Å². The molecule has 0 radical (unpaired) electrons. The Bertz CT molecular complexity index is 896. The van der Waals surface area contributed by atoms with Gasteiger partial charge in [-0.3, -0.25) is 0 Å². The largest absolute Gasteiger partial charge is 0.573 e. The van der Waals surface area contributed by atoms with Crippen molar-refractivity contribution in [2.75, 3.05) is 0 Å². The van der Waals surface area contributed by atoms with Gasteiger partial charge < -0.3 is 9.47 Å². The molecule has 5 nitrogen and oxygen atoms in total. The summed E-state index contributed by atoms with van der Waals surface area (Å²) in [4.78, 5) is -0.823. The highest BCUT2D eigenvalue weighted by Crippen LogP contribution is 2.30. The van der Waals surface area contributed by atoms with Gasteiger partial charge >= 0.3 is 12.7 Å². The molecule has 0 aliphatic rings. The van der Waals surface area contributed by atoms with Crippen LogP contribution in [0.2, 0.25) is 0 Å². The fourth-order valence-corrected chi connectivity index (χ4v) is 3.14. The van der Waals surface area contributed by atoms with E-state index < -0.39 is 45.7 Å². The molecule has 27 heavy (non-hydrogen) atoms. The normalized spacial score (nSPS) is 12.7. The van der Waals surface area contributed by atoms with Crippen LogP contribution in [0, 0.1) is 0 Å². The fourth-order valence-electron chi connectivity index (χ4n) is 2.01. The number of nitrogens with one attached hydrogen (secondary N) is 1. The SMILES string of the molecule is O=S(=O)(NCc1ccccc1OC(F)(F)F)c1ccccc1OC(F)(F)F. The van der Waals surface area contributed by atoms with E-state index in [0.717, 1.165) is 24.3 Å². The number of hydrogen-bond donors (Lipinski definition) is 1. The third-order valence-corrected chi connectivity index (χ3v) is 4.46. The number of hydrogen-bond acceptors (Lipinski definition) is 4. The summed E-state index contributed by atoms with van der Waals surface area (Å²) in [5.41, 5.74) is -0.173. The van der Waals surface area contributed by atoms with Crippen molar-refractivity contribution in [2.24, 2.45) is 0 Å². The molecule has 0 aliphatic heterocycles. The van der Waals surface area contributed by atoms with Crippen LogP contribution >= 0.6 is 0 Å². The number of ether oxygens (including phenoxy) is 2. The first-order chi connectivity index (χ1) is 12.4. The molecular weight excluding hydrogens is 404 g/mol. The highest BCUT2D eigenvalue weighted by molar-refractivity contribution is 7.89. The van der Waals surface area contributed by atoms with E-state index in [0.29, 0.717) is 0 Å². The summed E-state index contributed by atoms with van der Waals surface area (Å²) >= 11 is 0. The monoisotopic (exact) mass is 415 g/mol. The van der Waals surface area contributed by atoms with Crippen molar-refractivity contribution in [3.8, 4) is 11.5 Å². The van der Waals surface area contributed by atoms with E-state index >= 15 is 0 Å². The summed E-state index contributed by atoms with van der Waals surface area (Å²) in [5, 5.41) is 0. The lowest BCUT2D eigenvalue weighted by atomic mass is 10.2. The van der Waals surface area contributed by atoms with Crippen molar-refractivity contribution in [1.29, 1.82) is 0 Å². The summed E-state index contributed by atoms with van der Waals surface area (Å²) in [5.74, 6) is -1.62. The first kappa shape index (κ1) is 20.8. The number of para-hydroxylation sites is 2. The maximum absolute atomic E-state index is 12.4. The molecule has 12 heteroatoms. The predicted octanol–water partition coefficient (Wildman–Crippen LogP) is 3.96. The van der Waals surface area contributed by atoms with Gasteiger partial charge in [0.05, 0.1) is 0 Å². The zero-order chi connectivity index (χ0) is 20.3. The van der Waals surface area contributed by atoms with Crippen molar-refractivity contribution in [3.05, 3.63) is 54.1 Å². The zero-order valence-corrected chi connectivity index (χ0v) is 14.0. The van der Waals surface area contributed by atoms with Crippen molar-refractivity contribution >= 4 is 10.0 Å². The van der Waals surface area contributed by atoms with Gasteiger partial charge in [-0.2, -0.15) is 0 Å². The Morgan fingerprint density at radius 2 is 1.26 bits per heavy atom. The average molecular weight is 415 g/mol. The number of halogens is 6. The molecular formula is C15H11F6NO4S. The topological polar surface area (TPSA) is 64.6 Å². The van der Waals surface area contributed by atoms with Crippen LogP contribution in [-0.2, 0) is 16.6 Å². The minimum atomic E-state index is -5.13. The van der Waals surface area contributed by atoms with Crippen LogP contribution in [-0.4, -0.2) is 21.1 Å². The molecule has 0 saturated carbocycles. The molecule has 0 atom stereocenters. The van der Waals surface area contributed by atoms with Crippen LogP contribution in [0.15, 0.2) is 53.4 Å². The van der Waals surface area contributed by atoms with E-state index in [4.69, 9.17) is 0 Å². The molecule has 0 spiro atoms. The van der Waals surface area contributed by atoms with Gasteiger partial charge in [-0.25, -0.2) is 13.1 Å². The van der Waals surface area contributed by atoms with Crippen molar-refractivity contribution in [3.63, 3.8) is 0 Å². The van der Waals surface area contributed by atoms with Gasteiger partial charge in [-0.15, -0.1) is 26.3 Å². The smallest absolute Gasteiger partial charge is 0.405 e. The zero-order valence-electron chi connectivity index (χ0n) is 13.1. The highest BCUT2D eigenvalue weighted by Gasteiger charge is 2.34. The minimum Gasteiger partial charge on any atom is -0.405 e. The molecule has 0 aliphatic carbocycles. The second-order valence-electron chi connectivity index (χ2n) is 4.97. The van der Waals surface area contributed by atoms with E-state index in [1.165, 1.54) is 24.3 Å². The molecule has 148 valence electrons. The summed E-state index contributed by atoms with van der Waals surface area (Å²) < 4.78 is 108. The van der Waals surface area contributed by atoms with Crippen LogP contribution in [0.25, 0.3) is 0 Å². The molecule has 2 aromatic carbocycles. The van der Waals surface area contributed by atoms with Gasteiger partial charge in [0.2, 0.25) is 10.0 Å². The Balaban J connectivity index is 2.25. The standard InChI is InChI=1S/C15H11F6NO4S/c16-14(17,18)25-11-6-2-1-5-10(11)9-22-27(23,24)13-8-4-3-7-12(13)26-15(19,20)21/h1-8,22H,9H2. The van der Waals surface area contributed by atoms with Crippen LogP contribution in [0.3, 0.4) is 0 Å². The fraction of sp³-hybridized carbons (Fsp3) is 0.200. The Hall–Kier alpha value is -2.47. The molecule has 0 aromatic heterocycles. The molecule has 0 amide bonds. The number of rotatable bonds is 6. The number of sulfonamides is 1. The first-order valence-electron chi connectivity index (χ1n) is 7.05. The Kier molecular flexibility index (Phi) is 5.90.